The second-order valence-electron chi connectivity index (χ2n) is 6.07. The molecule has 0 aromatic heterocycles. The van der Waals surface area contributed by atoms with Gasteiger partial charge in [-0.15, -0.1) is 0 Å². The van der Waals surface area contributed by atoms with Crippen LogP contribution in [0.1, 0.15) is 24.8 Å². The van der Waals surface area contributed by atoms with E-state index >= 15 is 0 Å². The Morgan fingerprint density at radius 2 is 2.17 bits per heavy atom. The van der Waals surface area contributed by atoms with Gasteiger partial charge in [0.2, 0.25) is 0 Å². The zero-order valence-corrected chi connectivity index (χ0v) is 12.3. The summed E-state index contributed by atoms with van der Waals surface area (Å²) in [4.78, 5) is 2.49. The molecule has 1 aliphatic heterocycles. The van der Waals surface area contributed by atoms with Gasteiger partial charge >= 0.3 is 0 Å². The second-order valence-corrected chi connectivity index (χ2v) is 6.89. The van der Waals surface area contributed by atoms with Crippen LogP contribution < -0.4 is 0 Å². The Morgan fingerprint density at radius 3 is 2.94 bits per heavy atom. The minimum atomic E-state index is 0.492. The van der Waals surface area contributed by atoms with Gasteiger partial charge in [0, 0.05) is 13.1 Å². The Kier molecular flexibility index (Phi) is 3.34. The molecule has 1 aromatic rings. The van der Waals surface area contributed by atoms with Crippen LogP contribution in [0.15, 0.2) is 18.2 Å². The van der Waals surface area contributed by atoms with Crippen LogP contribution in [0.2, 0.25) is 10.0 Å². The van der Waals surface area contributed by atoms with E-state index in [0.29, 0.717) is 15.5 Å². The molecular formula is C15H19Cl2N. The van der Waals surface area contributed by atoms with Crippen molar-refractivity contribution in [1.82, 2.24) is 4.90 Å². The molecule has 0 amide bonds. The van der Waals surface area contributed by atoms with Crippen LogP contribution in [-0.4, -0.2) is 25.0 Å². The van der Waals surface area contributed by atoms with E-state index in [1.807, 2.05) is 12.1 Å². The Morgan fingerprint density at radius 1 is 1.33 bits per heavy atom. The third-order valence-corrected chi connectivity index (χ3v) is 5.49. The fourth-order valence-electron chi connectivity index (χ4n) is 4.03. The normalized spacial score (nSPS) is 31.8. The number of hydrogen-bond acceptors (Lipinski definition) is 1. The van der Waals surface area contributed by atoms with E-state index in [1.54, 1.807) is 0 Å². The number of benzene rings is 1. The smallest absolute Gasteiger partial charge is 0.0595 e. The number of nitrogens with zero attached hydrogens (tertiary/aromatic N) is 1. The summed E-state index contributed by atoms with van der Waals surface area (Å²) in [5.74, 6) is 0.872. The van der Waals surface area contributed by atoms with Crippen molar-refractivity contribution in [3.05, 3.63) is 33.8 Å². The van der Waals surface area contributed by atoms with Crippen molar-refractivity contribution >= 4 is 23.2 Å². The van der Waals surface area contributed by atoms with Gasteiger partial charge in [-0.1, -0.05) is 35.7 Å². The molecule has 0 radical (unpaired) electrons. The molecule has 0 N–H and O–H groups in total. The zero-order chi connectivity index (χ0) is 12.8. The molecule has 18 heavy (non-hydrogen) atoms. The number of halogens is 2. The van der Waals surface area contributed by atoms with Crippen molar-refractivity contribution < 1.29 is 0 Å². The van der Waals surface area contributed by atoms with E-state index in [0.717, 1.165) is 12.3 Å². The van der Waals surface area contributed by atoms with Crippen LogP contribution in [0.4, 0.5) is 0 Å². The molecule has 2 aliphatic rings. The number of rotatable bonds is 2. The molecule has 1 aromatic carbocycles. The molecule has 3 rings (SSSR count). The summed E-state index contributed by atoms with van der Waals surface area (Å²) in [5.41, 5.74) is 1.83. The van der Waals surface area contributed by atoms with Crippen LogP contribution in [-0.2, 0) is 6.42 Å². The van der Waals surface area contributed by atoms with Crippen molar-refractivity contribution in [2.75, 3.05) is 20.1 Å². The van der Waals surface area contributed by atoms with Crippen LogP contribution in [0, 0.1) is 11.3 Å². The van der Waals surface area contributed by atoms with Gasteiger partial charge < -0.3 is 4.90 Å². The zero-order valence-electron chi connectivity index (χ0n) is 10.8. The van der Waals surface area contributed by atoms with E-state index in [2.05, 4.69) is 18.0 Å². The van der Waals surface area contributed by atoms with E-state index in [-0.39, 0.29) is 0 Å². The highest BCUT2D eigenvalue weighted by atomic mass is 35.5. The lowest BCUT2D eigenvalue weighted by molar-refractivity contribution is 0.252. The molecule has 2 atom stereocenters. The van der Waals surface area contributed by atoms with Gasteiger partial charge in [0.15, 0.2) is 0 Å². The number of likely N-dealkylation sites (tertiary alicyclic amines) is 1. The summed E-state index contributed by atoms with van der Waals surface area (Å²) < 4.78 is 0. The van der Waals surface area contributed by atoms with Gasteiger partial charge in [-0.2, -0.15) is 0 Å². The monoisotopic (exact) mass is 283 g/mol. The Hall–Kier alpha value is -0.240. The second kappa shape index (κ2) is 4.70. The van der Waals surface area contributed by atoms with E-state index < -0.39 is 0 Å². The molecule has 1 saturated carbocycles. The van der Waals surface area contributed by atoms with E-state index in [9.17, 15) is 0 Å². The van der Waals surface area contributed by atoms with Crippen molar-refractivity contribution in [3.63, 3.8) is 0 Å². The van der Waals surface area contributed by atoms with Crippen LogP contribution in [0.25, 0.3) is 0 Å². The highest BCUT2D eigenvalue weighted by molar-refractivity contribution is 6.42. The van der Waals surface area contributed by atoms with Crippen molar-refractivity contribution in [3.8, 4) is 0 Å². The van der Waals surface area contributed by atoms with Crippen molar-refractivity contribution in [2.45, 2.75) is 25.7 Å². The van der Waals surface area contributed by atoms with E-state index in [4.69, 9.17) is 23.2 Å². The summed E-state index contributed by atoms with van der Waals surface area (Å²) in [6, 6.07) is 6.11. The quantitative estimate of drug-likeness (QED) is 0.784. The SMILES string of the molecule is CN1CC2CCCC2(Cc2ccc(Cl)c(Cl)c2)C1. The molecular weight excluding hydrogens is 265 g/mol. The van der Waals surface area contributed by atoms with E-state index in [1.165, 1.54) is 37.9 Å². The van der Waals surface area contributed by atoms with Gasteiger partial charge in [-0.3, -0.25) is 0 Å². The molecule has 1 nitrogen and oxygen atoms in total. The summed E-state index contributed by atoms with van der Waals surface area (Å²) in [5, 5.41) is 1.34. The molecule has 0 spiro atoms. The fraction of sp³-hybridized carbons (Fsp3) is 0.600. The van der Waals surface area contributed by atoms with Crippen LogP contribution in [0.3, 0.4) is 0 Å². The lowest BCUT2D eigenvalue weighted by Crippen LogP contribution is -2.28. The number of fused-ring (bicyclic) bond motifs is 1. The fourth-order valence-corrected chi connectivity index (χ4v) is 4.35. The maximum Gasteiger partial charge on any atom is 0.0595 e. The van der Waals surface area contributed by atoms with Gasteiger partial charge in [0.1, 0.15) is 0 Å². The third kappa shape index (κ3) is 2.17. The molecule has 2 unspecified atom stereocenters. The first-order valence-corrected chi connectivity index (χ1v) is 7.47. The van der Waals surface area contributed by atoms with Gasteiger partial charge in [0.05, 0.1) is 10.0 Å². The Balaban J connectivity index is 1.84. The average Bonchev–Trinajstić information content (AvgIpc) is 2.79. The maximum absolute atomic E-state index is 6.13. The summed E-state index contributed by atoms with van der Waals surface area (Å²) >= 11 is 12.1. The summed E-state index contributed by atoms with van der Waals surface area (Å²) in [7, 11) is 2.24. The summed E-state index contributed by atoms with van der Waals surface area (Å²) in [6.07, 6.45) is 5.30. The predicted molar refractivity (Wildman–Crippen MR) is 77.4 cm³/mol. The van der Waals surface area contributed by atoms with Crippen molar-refractivity contribution in [2.24, 2.45) is 11.3 Å². The lowest BCUT2D eigenvalue weighted by atomic mass is 9.76. The molecule has 2 fully saturated rings. The first-order chi connectivity index (χ1) is 8.59. The topological polar surface area (TPSA) is 3.24 Å². The Bertz CT molecular complexity index is 460. The number of hydrogen-bond donors (Lipinski definition) is 0. The average molecular weight is 284 g/mol. The molecule has 1 aliphatic carbocycles. The van der Waals surface area contributed by atoms with Gasteiger partial charge in [0.25, 0.3) is 0 Å². The molecule has 1 saturated heterocycles. The Labute approximate surface area is 119 Å². The highest BCUT2D eigenvalue weighted by Crippen LogP contribution is 2.50. The van der Waals surface area contributed by atoms with Crippen molar-refractivity contribution in [1.29, 1.82) is 0 Å². The minimum Gasteiger partial charge on any atom is -0.305 e. The first kappa shape index (κ1) is 12.8. The standard InChI is InChI=1S/C15H19Cl2N/c1-18-9-12-3-2-6-15(12,10-18)8-11-4-5-13(16)14(17)7-11/h4-5,7,12H,2-3,6,8-10H2,1H3. The predicted octanol–water partition coefficient (Wildman–Crippen LogP) is 4.27. The van der Waals surface area contributed by atoms with Crippen LogP contribution in [0.5, 0.6) is 0 Å². The van der Waals surface area contributed by atoms with Gasteiger partial charge in [-0.25, -0.2) is 0 Å². The molecule has 1 heterocycles. The largest absolute Gasteiger partial charge is 0.305 e. The third-order valence-electron chi connectivity index (χ3n) is 4.75. The molecule has 98 valence electrons. The van der Waals surface area contributed by atoms with Crippen LogP contribution >= 0.6 is 23.2 Å². The lowest BCUT2D eigenvalue weighted by Gasteiger charge is -2.29. The highest BCUT2D eigenvalue weighted by Gasteiger charge is 2.47. The molecule has 0 bridgehead atoms. The first-order valence-electron chi connectivity index (χ1n) is 6.72. The molecule has 3 heteroatoms. The maximum atomic E-state index is 6.13. The summed E-state index contributed by atoms with van der Waals surface area (Å²) in [6.45, 7) is 2.50. The minimum absolute atomic E-state index is 0.492. The van der Waals surface area contributed by atoms with Gasteiger partial charge in [-0.05, 0) is 55.3 Å².